The Labute approximate surface area is 503 Å². The maximum Gasteiger partial charge on any atom is 0.306 e. The minimum Gasteiger partial charge on any atom is -0.462 e. The minimum absolute atomic E-state index is 0.0721. The van der Waals surface area contributed by atoms with Crippen LogP contribution in [0.5, 0.6) is 0 Å². The second kappa shape index (κ2) is 69.1. The summed E-state index contributed by atoms with van der Waals surface area (Å²) in [6, 6.07) is 0. The lowest BCUT2D eigenvalue weighted by atomic mass is 10.0. The van der Waals surface area contributed by atoms with E-state index in [1.807, 2.05) is 0 Å². The fourth-order valence-corrected chi connectivity index (χ4v) is 10.2. The summed E-state index contributed by atoms with van der Waals surface area (Å²) in [6.45, 7) is 6.58. The number of allylic oxidation sites excluding steroid dienone is 14. The number of ether oxygens (including phenoxy) is 3. The Morgan fingerprint density at radius 1 is 0.259 bits per heavy atom. The molecule has 0 heterocycles. The molecule has 1 atom stereocenters. The van der Waals surface area contributed by atoms with E-state index in [2.05, 4.69) is 106 Å². The monoisotopic (exact) mass is 1130 g/mol. The molecule has 0 aliphatic carbocycles. The van der Waals surface area contributed by atoms with Crippen molar-refractivity contribution in [3.05, 3.63) is 85.1 Å². The predicted molar refractivity (Wildman–Crippen MR) is 353 cm³/mol. The Hall–Kier alpha value is -3.41. The molecule has 0 fully saturated rings. The highest BCUT2D eigenvalue weighted by atomic mass is 16.6. The van der Waals surface area contributed by atoms with Gasteiger partial charge in [-0.1, -0.05) is 343 Å². The van der Waals surface area contributed by atoms with Gasteiger partial charge in [0.25, 0.3) is 0 Å². The first-order valence-corrected chi connectivity index (χ1v) is 35.1. The maximum atomic E-state index is 12.9. The van der Waals surface area contributed by atoms with E-state index in [9.17, 15) is 14.4 Å². The van der Waals surface area contributed by atoms with Crippen LogP contribution in [0.25, 0.3) is 0 Å². The van der Waals surface area contributed by atoms with Gasteiger partial charge in [0.1, 0.15) is 13.2 Å². The highest BCUT2D eigenvalue weighted by molar-refractivity contribution is 5.71. The van der Waals surface area contributed by atoms with Crippen molar-refractivity contribution in [1.29, 1.82) is 0 Å². The van der Waals surface area contributed by atoms with Crippen LogP contribution in [0.3, 0.4) is 0 Å². The average molecular weight is 1130 g/mol. The molecule has 0 amide bonds. The molecule has 0 aliphatic heterocycles. The summed E-state index contributed by atoms with van der Waals surface area (Å²) >= 11 is 0. The van der Waals surface area contributed by atoms with Crippen LogP contribution >= 0.6 is 0 Å². The molecule has 0 bridgehead atoms. The summed E-state index contributed by atoms with van der Waals surface area (Å²) in [5, 5.41) is 0. The van der Waals surface area contributed by atoms with Crippen LogP contribution in [-0.2, 0) is 28.6 Å². The van der Waals surface area contributed by atoms with Crippen molar-refractivity contribution in [2.75, 3.05) is 13.2 Å². The van der Waals surface area contributed by atoms with Gasteiger partial charge in [0.05, 0.1) is 0 Å². The predicted octanol–water partition coefficient (Wildman–Crippen LogP) is 24.2. The van der Waals surface area contributed by atoms with Crippen LogP contribution in [0.2, 0.25) is 0 Å². The second-order valence-electron chi connectivity index (χ2n) is 23.4. The fraction of sp³-hybridized carbons (Fsp3) is 0.773. The van der Waals surface area contributed by atoms with Gasteiger partial charge in [-0.05, 0) is 77.0 Å². The first-order chi connectivity index (χ1) is 40.0. The van der Waals surface area contributed by atoms with E-state index < -0.39 is 6.10 Å². The van der Waals surface area contributed by atoms with E-state index in [0.717, 1.165) is 109 Å². The molecule has 0 saturated carbocycles. The molecular weight excluding hydrogens is 997 g/mol. The van der Waals surface area contributed by atoms with Crippen LogP contribution in [0, 0.1) is 0 Å². The topological polar surface area (TPSA) is 78.9 Å². The van der Waals surface area contributed by atoms with Crippen LogP contribution in [0.15, 0.2) is 85.1 Å². The third kappa shape index (κ3) is 67.3. The van der Waals surface area contributed by atoms with Gasteiger partial charge >= 0.3 is 17.9 Å². The Bertz CT molecular complexity index is 1530. The van der Waals surface area contributed by atoms with Gasteiger partial charge < -0.3 is 14.2 Å². The Morgan fingerprint density at radius 2 is 0.481 bits per heavy atom. The highest BCUT2D eigenvalue weighted by Crippen LogP contribution is 2.18. The van der Waals surface area contributed by atoms with Gasteiger partial charge in [-0.25, -0.2) is 0 Å². The van der Waals surface area contributed by atoms with E-state index in [1.54, 1.807) is 0 Å². The molecule has 0 rings (SSSR count). The molecule has 0 aromatic carbocycles. The fourth-order valence-electron chi connectivity index (χ4n) is 10.2. The van der Waals surface area contributed by atoms with Gasteiger partial charge in [0.15, 0.2) is 6.10 Å². The number of hydrogen-bond donors (Lipinski definition) is 0. The van der Waals surface area contributed by atoms with Crippen LogP contribution in [0.4, 0.5) is 0 Å². The third-order valence-electron chi connectivity index (χ3n) is 15.4. The molecule has 0 saturated heterocycles. The minimum atomic E-state index is -0.776. The SMILES string of the molecule is CC/C=C\C/C=C\C/C=C\C/C=C\C/C=C\C/C=C\C/C=C\CCCCCCCCCCCC(=O)OCC(COC(=O)CCCCCCCCCCCCCCCC)OC(=O)CCCCCCCCCCCCCCCCCCCC. The number of rotatable bonds is 64. The van der Waals surface area contributed by atoms with E-state index in [-0.39, 0.29) is 31.1 Å². The molecule has 0 N–H and O–H groups in total. The molecule has 0 aromatic heterocycles. The first kappa shape index (κ1) is 77.6. The van der Waals surface area contributed by atoms with Crippen LogP contribution < -0.4 is 0 Å². The van der Waals surface area contributed by atoms with E-state index in [4.69, 9.17) is 14.2 Å². The Morgan fingerprint density at radius 3 is 0.753 bits per heavy atom. The largest absolute Gasteiger partial charge is 0.462 e. The van der Waals surface area contributed by atoms with Crippen molar-refractivity contribution >= 4 is 17.9 Å². The van der Waals surface area contributed by atoms with E-state index in [1.165, 1.54) is 205 Å². The zero-order valence-corrected chi connectivity index (χ0v) is 53.8. The Kier molecular flexibility index (Phi) is 66.2. The first-order valence-electron chi connectivity index (χ1n) is 35.1. The van der Waals surface area contributed by atoms with E-state index in [0.29, 0.717) is 19.3 Å². The lowest BCUT2D eigenvalue weighted by Gasteiger charge is -2.18. The summed E-state index contributed by atoms with van der Waals surface area (Å²) in [6.07, 6.45) is 91.7. The number of carbonyl (C=O) groups is 3. The smallest absolute Gasteiger partial charge is 0.306 e. The number of esters is 3. The second-order valence-corrected chi connectivity index (χ2v) is 23.4. The molecule has 0 spiro atoms. The van der Waals surface area contributed by atoms with Crippen molar-refractivity contribution in [2.24, 2.45) is 0 Å². The van der Waals surface area contributed by atoms with Crippen LogP contribution in [-0.4, -0.2) is 37.2 Å². The van der Waals surface area contributed by atoms with Crippen molar-refractivity contribution < 1.29 is 28.6 Å². The summed E-state index contributed by atoms with van der Waals surface area (Å²) in [5.41, 5.74) is 0. The maximum absolute atomic E-state index is 12.9. The quantitative estimate of drug-likeness (QED) is 0.0261. The van der Waals surface area contributed by atoms with Gasteiger partial charge in [-0.3, -0.25) is 14.4 Å². The van der Waals surface area contributed by atoms with Crippen LogP contribution in [0.1, 0.15) is 355 Å². The van der Waals surface area contributed by atoms with Gasteiger partial charge in [0, 0.05) is 19.3 Å². The Balaban J connectivity index is 4.27. The molecule has 0 radical (unpaired) electrons. The zero-order chi connectivity index (χ0) is 58.5. The van der Waals surface area contributed by atoms with Crippen molar-refractivity contribution in [3.8, 4) is 0 Å². The van der Waals surface area contributed by atoms with Crippen molar-refractivity contribution in [3.63, 3.8) is 0 Å². The van der Waals surface area contributed by atoms with Crippen molar-refractivity contribution in [1.82, 2.24) is 0 Å². The number of hydrogen-bond acceptors (Lipinski definition) is 6. The summed E-state index contributed by atoms with van der Waals surface area (Å²) in [5.74, 6) is -0.856. The molecule has 0 aromatic rings. The molecular formula is C75H132O6. The molecule has 6 heteroatoms. The van der Waals surface area contributed by atoms with Gasteiger partial charge in [-0.2, -0.15) is 0 Å². The summed E-state index contributed by atoms with van der Waals surface area (Å²) < 4.78 is 17.0. The van der Waals surface area contributed by atoms with Gasteiger partial charge in [0.2, 0.25) is 0 Å². The molecule has 468 valence electrons. The lowest BCUT2D eigenvalue weighted by Crippen LogP contribution is -2.30. The molecule has 6 nitrogen and oxygen atoms in total. The normalized spacial score (nSPS) is 12.6. The standard InChI is InChI=1S/C75H132O6/c1-4-7-10-13-16-19-22-25-28-30-32-33-34-35-36-37-38-39-40-41-42-43-44-46-47-50-53-56-59-62-65-68-74(77)80-71-72(70-79-73(76)67-64-61-58-55-52-49-27-24-21-18-15-12-9-6-3)81-75(78)69-66-63-60-57-54-51-48-45-31-29-26-23-20-17-14-11-8-5-2/h7,10,16,19,25,28,32-33,35-36,38-39,41-42,72H,4-6,8-9,11-15,17-18,20-24,26-27,29-31,34,37,40,43-71H2,1-3H3/b10-7-,19-16-,28-25-,33-32-,36-35-,39-38-,42-41-. The van der Waals surface area contributed by atoms with Gasteiger partial charge in [-0.15, -0.1) is 0 Å². The molecule has 1 unspecified atom stereocenters. The number of unbranched alkanes of at least 4 members (excludes halogenated alkanes) is 39. The summed E-state index contributed by atoms with van der Waals surface area (Å²) in [4.78, 5) is 38.4. The van der Waals surface area contributed by atoms with E-state index >= 15 is 0 Å². The van der Waals surface area contributed by atoms with Crippen molar-refractivity contribution in [2.45, 2.75) is 361 Å². The number of carbonyl (C=O) groups excluding carboxylic acids is 3. The lowest BCUT2D eigenvalue weighted by molar-refractivity contribution is -0.167. The molecule has 81 heavy (non-hydrogen) atoms. The average Bonchev–Trinajstić information content (AvgIpc) is 3.47. The zero-order valence-electron chi connectivity index (χ0n) is 53.8. The molecule has 0 aliphatic rings. The summed E-state index contributed by atoms with van der Waals surface area (Å²) in [7, 11) is 0. The highest BCUT2D eigenvalue weighted by Gasteiger charge is 2.19. The third-order valence-corrected chi connectivity index (χ3v) is 15.4.